The summed E-state index contributed by atoms with van der Waals surface area (Å²) in [4.78, 5) is 0. The zero-order chi connectivity index (χ0) is 14.4. The molecular weight excluding hydrogens is 318 g/mol. The lowest BCUT2D eigenvalue weighted by Crippen LogP contribution is -2.44. The number of halogens is 1. The highest BCUT2D eigenvalue weighted by Crippen LogP contribution is 2.31. The number of aliphatic hydroxyl groups is 1. The van der Waals surface area contributed by atoms with Crippen LogP contribution in [-0.2, 0) is 0 Å². The van der Waals surface area contributed by atoms with Gasteiger partial charge in [-0.1, -0.05) is 22.9 Å². The van der Waals surface area contributed by atoms with Crippen LogP contribution >= 0.6 is 15.9 Å². The Kier molecular flexibility index (Phi) is 5.87. The van der Waals surface area contributed by atoms with E-state index in [1.54, 1.807) is 0 Å². The van der Waals surface area contributed by atoms with Crippen LogP contribution in [0, 0.1) is 5.92 Å². The summed E-state index contributed by atoms with van der Waals surface area (Å²) in [6.07, 6.45) is 4.09. The van der Waals surface area contributed by atoms with Crippen LogP contribution in [0.4, 0.5) is 0 Å². The highest BCUT2D eigenvalue weighted by molar-refractivity contribution is 9.10. The Morgan fingerprint density at radius 1 is 1.30 bits per heavy atom. The van der Waals surface area contributed by atoms with Gasteiger partial charge in [0, 0.05) is 17.6 Å². The number of rotatable bonds is 6. The Morgan fingerprint density at radius 3 is 2.60 bits per heavy atom. The van der Waals surface area contributed by atoms with Gasteiger partial charge in [0.2, 0.25) is 0 Å². The van der Waals surface area contributed by atoms with Gasteiger partial charge in [0.1, 0.15) is 12.4 Å². The molecule has 1 fully saturated rings. The number of benzene rings is 1. The van der Waals surface area contributed by atoms with Crippen molar-refractivity contribution >= 4 is 15.9 Å². The second-order valence-corrected chi connectivity index (χ2v) is 6.80. The van der Waals surface area contributed by atoms with Crippen LogP contribution in [0.3, 0.4) is 0 Å². The Bertz CT molecular complexity index is 399. The number of nitrogens with one attached hydrogen (secondary N) is 1. The molecule has 1 aromatic carbocycles. The second kappa shape index (κ2) is 7.43. The van der Waals surface area contributed by atoms with E-state index < -0.39 is 5.60 Å². The van der Waals surface area contributed by atoms with E-state index in [-0.39, 0.29) is 0 Å². The monoisotopic (exact) mass is 341 g/mol. The minimum absolute atomic E-state index is 0.510. The molecule has 3 nitrogen and oxygen atoms in total. The summed E-state index contributed by atoms with van der Waals surface area (Å²) in [5.74, 6) is 1.64. The average molecular weight is 342 g/mol. The van der Waals surface area contributed by atoms with Crippen molar-refractivity contribution in [3.8, 4) is 5.75 Å². The van der Waals surface area contributed by atoms with Crippen LogP contribution in [0.15, 0.2) is 28.7 Å². The predicted octanol–water partition coefficient (Wildman–Crippen LogP) is 3.36. The summed E-state index contributed by atoms with van der Waals surface area (Å²) in [6.45, 7) is 4.31. The maximum absolute atomic E-state index is 10.4. The van der Waals surface area contributed by atoms with Crippen LogP contribution in [0.25, 0.3) is 0 Å². The van der Waals surface area contributed by atoms with E-state index in [4.69, 9.17) is 4.74 Å². The van der Waals surface area contributed by atoms with Crippen LogP contribution in [-0.4, -0.2) is 30.4 Å². The lowest BCUT2D eigenvalue weighted by Gasteiger charge is -2.35. The van der Waals surface area contributed by atoms with Gasteiger partial charge < -0.3 is 15.2 Å². The smallest absolute Gasteiger partial charge is 0.119 e. The molecule has 1 saturated carbocycles. The lowest BCUT2D eigenvalue weighted by molar-refractivity contribution is -0.00636. The first-order chi connectivity index (χ1) is 9.57. The zero-order valence-electron chi connectivity index (χ0n) is 12.1. The molecule has 20 heavy (non-hydrogen) atoms. The van der Waals surface area contributed by atoms with Crippen LogP contribution in [0.1, 0.15) is 32.6 Å². The first-order valence-electron chi connectivity index (χ1n) is 7.39. The summed E-state index contributed by atoms with van der Waals surface area (Å²) in [5.41, 5.74) is -0.510. The highest BCUT2D eigenvalue weighted by Gasteiger charge is 2.31. The van der Waals surface area contributed by atoms with Crippen molar-refractivity contribution < 1.29 is 9.84 Å². The standard InChI is InChI=1S/C16H24BrNO2/c1-13-6-8-16(19,9-7-13)12-18-10-11-20-15-4-2-14(17)3-5-15/h2-5,13,18-19H,6-12H2,1H3. The fraction of sp³-hybridized carbons (Fsp3) is 0.625. The maximum atomic E-state index is 10.4. The van der Waals surface area contributed by atoms with Gasteiger partial charge in [0.15, 0.2) is 0 Å². The van der Waals surface area contributed by atoms with Gasteiger partial charge in [-0.05, 0) is 55.9 Å². The van der Waals surface area contributed by atoms with E-state index >= 15 is 0 Å². The SMILES string of the molecule is CC1CCC(O)(CNCCOc2ccc(Br)cc2)CC1. The van der Waals surface area contributed by atoms with Gasteiger partial charge in [0.05, 0.1) is 5.60 Å². The number of ether oxygens (including phenoxy) is 1. The van der Waals surface area contributed by atoms with Gasteiger partial charge in [-0.15, -0.1) is 0 Å². The largest absolute Gasteiger partial charge is 0.492 e. The van der Waals surface area contributed by atoms with Crippen molar-refractivity contribution in [1.82, 2.24) is 5.32 Å². The third-order valence-corrected chi connectivity index (χ3v) is 4.55. The molecule has 0 heterocycles. The molecule has 1 aliphatic carbocycles. The minimum Gasteiger partial charge on any atom is -0.492 e. The van der Waals surface area contributed by atoms with Crippen LogP contribution < -0.4 is 10.1 Å². The number of hydrogen-bond acceptors (Lipinski definition) is 3. The third-order valence-electron chi connectivity index (χ3n) is 4.02. The summed E-state index contributed by atoms with van der Waals surface area (Å²) in [6, 6.07) is 7.82. The Hall–Kier alpha value is -0.580. The van der Waals surface area contributed by atoms with Crippen molar-refractivity contribution in [2.45, 2.75) is 38.2 Å². The van der Waals surface area contributed by atoms with Crippen molar-refractivity contribution in [3.63, 3.8) is 0 Å². The Labute approximate surface area is 129 Å². The van der Waals surface area contributed by atoms with Gasteiger partial charge in [-0.3, -0.25) is 0 Å². The van der Waals surface area contributed by atoms with Crippen molar-refractivity contribution in [1.29, 1.82) is 0 Å². The van der Waals surface area contributed by atoms with E-state index in [1.807, 2.05) is 24.3 Å². The molecule has 0 aromatic heterocycles. The molecule has 0 spiro atoms. The van der Waals surface area contributed by atoms with Gasteiger partial charge in [-0.2, -0.15) is 0 Å². The molecule has 0 aliphatic heterocycles. The average Bonchev–Trinajstić information content (AvgIpc) is 2.44. The van der Waals surface area contributed by atoms with Gasteiger partial charge in [0.25, 0.3) is 0 Å². The predicted molar refractivity (Wildman–Crippen MR) is 85.1 cm³/mol. The summed E-state index contributed by atoms with van der Waals surface area (Å²) in [5, 5.41) is 13.7. The molecule has 4 heteroatoms. The topological polar surface area (TPSA) is 41.5 Å². The molecule has 0 unspecified atom stereocenters. The maximum Gasteiger partial charge on any atom is 0.119 e. The second-order valence-electron chi connectivity index (χ2n) is 5.89. The quantitative estimate of drug-likeness (QED) is 0.779. The molecule has 112 valence electrons. The highest BCUT2D eigenvalue weighted by atomic mass is 79.9. The molecular formula is C16H24BrNO2. The lowest BCUT2D eigenvalue weighted by atomic mass is 9.79. The Morgan fingerprint density at radius 2 is 1.95 bits per heavy atom. The molecule has 0 atom stereocenters. The van der Waals surface area contributed by atoms with Crippen molar-refractivity contribution in [2.75, 3.05) is 19.7 Å². The van der Waals surface area contributed by atoms with Gasteiger partial charge >= 0.3 is 0 Å². The fourth-order valence-electron chi connectivity index (χ4n) is 2.57. The molecule has 1 aliphatic rings. The molecule has 2 N–H and O–H groups in total. The summed E-state index contributed by atoms with van der Waals surface area (Å²) < 4.78 is 6.69. The summed E-state index contributed by atoms with van der Waals surface area (Å²) in [7, 11) is 0. The van der Waals surface area contributed by atoms with E-state index in [2.05, 4.69) is 28.2 Å². The molecule has 0 amide bonds. The normalized spacial score (nSPS) is 26.4. The van der Waals surface area contributed by atoms with Gasteiger partial charge in [-0.25, -0.2) is 0 Å². The van der Waals surface area contributed by atoms with E-state index in [0.29, 0.717) is 13.2 Å². The summed E-state index contributed by atoms with van der Waals surface area (Å²) >= 11 is 3.40. The first-order valence-corrected chi connectivity index (χ1v) is 8.18. The van der Waals surface area contributed by atoms with E-state index in [9.17, 15) is 5.11 Å². The number of hydrogen-bond donors (Lipinski definition) is 2. The molecule has 0 radical (unpaired) electrons. The third kappa shape index (κ3) is 5.08. The fourth-order valence-corrected chi connectivity index (χ4v) is 2.83. The first kappa shape index (κ1) is 15.8. The molecule has 0 bridgehead atoms. The van der Waals surface area contributed by atoms with Crippen molar-refractivity contribution in [2.24, 2.45) is 5.92 Å². The van der Waals surface area contributed by atoms with E-state index in [1.165, 1.54) is 0 Å². The van der Waals surface area contributed by atoms with Crippen LogP contribution in [0.5, 0.6) is 5.75 Å². The van der Waals surface area contributed by atoms with Crippen molar-refractivity contribution in [3.05, 3.63) is 28.7 Å². The molecule has 2 rings (SSSR count). The molecule has 0 saturated heterocycles. The Balaban J connectivity index is 1.60. The van der Waals surface area contributed by atoms with Crippen LogP contribution in [0.2, 0.25) is 0 Å². The molecule has 1 aromatic rings. The zero-order valence-corrected chi connectivity index (χ0v) is 13.7. The minimum atomic E-state index is -0.510. The van der Waals surface area contributed by atoms with E-state index in [0.717, 1.165) is 48.4 Å².